The topological polar surface area (TPSA) is 76.2 Å². The molecule has 19 heavy (non-hydrogen) atoms. The minimum absolute atomic E-state index is 0.158. The fourth-order valence-electron chi connectivity index (χ4n) is 1.65. The van der Waals surface area contributed by atoms with Crippen LogP contribution in [0.5, 0.6) is 0 Å². The molecule has 0 aliphatic rings. The van der Waals surface area contributed by atoms with Gasteiger partial charge in [-0.1, -0.05) is 23.7 Å². The quantitative estimate of drug-likeness (QED) is 0.822. The van der Waals surface area contributed by atoms with Crippen molar-refractivity contribution >= 4 is 17.6 Å². The van der Waals surface area contributed by atoms with Gasteiger partial charge in [-0.05, 0) is 25.0 Å². The van der Waals surface area contributed by atoms with Gasteiger partial charge in [-0.25, -0.2) is 0 Å². The van der Waals surface area contributed by atoms with Gasteiger partial charge in [0.15, 0.2) is 0 Å². The third-order valence-electron chi connectivity index (χ3n) is 2.60. The Morgan fingerprint density at radius 1 is 1.26 bits per heavy atom. The van der Waals surface area contributed by atoms with E-state index in [1.807, 2.05) is 18.2 Å². The van der Waals surface area contributed by atoms with Gasteiger partial charge in [0.2, 0.25) is 11.8 Å². The van der Waals surface area contributed by atoms with Crippen LogP contribution in [0.4, 0.5) is 0 Å². The molecule has 0 amide bonds. The Morgan fingerprint density at radius 3 is 2.79 bits per heavy atom. The van der Waals surface area contributed by atoms with Crippen molar-refractivity contribution in [2.24, 2.45) is 0 Å². The van der Waals surface area contributed by atoms with E-state index in [-0.39, 0.29) is 6.42 Å². The van der Waals surface area contributed by atoms with E-state index in [1.54, 1.807) is 6.07 Å². The molecular formula is C13H13ClN2O3. The highest BCUT2D eigenvalue weighted by Crippen LogP contribution is 2.26. The Hall–Kier alpha value is -1.88. The summed E-state index contributed by atoms with van der Waals surface area (Å²) in [6, 6.07) is 7.24. The largest absolute Gasteiger partial charge is 0.481 e. The molecule has 0 unspecified atom stereocenters. The van der Waals surface area contributed by atoms with Crippen LogP contribution in [0.2, 0.25) is 5.02 Å². The standard InChI is InChI=1S/C13H13ClN2O3/c14-10-6-2-1-5-9(10)13-16-15-11(19-13)7-3-4-8-12(17)18/h1-2,5-6H,3-4,7-8H2,(H,17,18). The molecule has 2 rings (SSSR count). The van der Waals surface area contributed by atoms with Crippen LogP contribution < -0.4 is 0 Å². The van der Waals surface area contributed by atoms with Crippen molar-refractivity contribution in [1.29, 1.82) is 0 Å². The maximum Gasteiger partial charge on any atom is 0.303 e. The number of rotatable bonds is 6. The first-order chi connectivity index (χ1) is 9.16. The first-order valence-electron chi connectivity index (χ1n) is 5.96. The molecule has 5 nitrogen and oxygen atoms in total. The number of carboxylic acid groups (broad SMARTS) is 1. The van der Waals surface area contributed by atoms with Gasteiger partial charge in [-0.2, -0.15) is 0 Å². The highest BCUT2D eigenvalue weighted by Gasteiger charge is 2.11. The summed E-state index contributed by atoms with van der Waals surface area (Å²) in [7, 11) is 0. The van der Waals surface area contributed by atoms with E-state index in [2.05, 4.69) is 10.2 Å². The molecule has 0 fully saturated rings. The van der Waals surface area contributed by atoms with E-state index in [0.717, 1.165) is 0 Å². The minimum atomic E-state index is -0.790. The monoisotopic (exact) mass is 280 g/mol. The Kier molecular flexibility index (Phi) is 4.52. The SMILES string of the molecule is O=C(O)CCCCc1nnc(-c2ccccc2Cl)o1. The number of nitrogens with zero attached hydrogens (tertiary/aromatic N) is 2. The van der Waals surface area contributed by atoms with Crippen molar-refractivity contribution in [3.05, 3.63) is 35.2 Å². The van der Waals surface area contributed by atoms with Gasteiger partial charge in [0.05, 0.1) is 10.6 Å². The Bertz CT molecular complexity index is 569. The molecule has 0 aliphatic heterocycles. The Morgan fingerprint density at radius 2 is 2.05 bits per heavy atom. The highest BCUT2D eigenvalue weighted by atomic mass is 35.5. The molecule has 1 heterocycles. The third kappa shape index (κ3) is 3.79. The summed E-state index contributed by atoms with van der Waals surface area (Å²) in [6.45, 7) is 0. The molecule has 0 saturated carbocycles. The molecule has 0 spiro atoms. The second-order valence-corrected chi connectivity index (χ2v) is 4.49. The average molecular weight is 281 g/mol. The molecule has 1 aromatic heterocycles. The van der Waals surface area contributed by atoms with Crippen molar-refractivity contribution in [3.63, 3.8) is 0 Å². The van der Waals surface area contributed by atoms with Gasteiger partial charge < -0.3 is 9.52 Å². The van der Waals surface area contributed by atoms with Crippen molar-refractivity contribution in [1.82, 2.24) is 10.2 Å². The number of halogens is 1. The van der Waals surface area contributed by atoms with E-state index in [0.29, 0.717) is 41.6 Å². The van der Waals surface area contributed by atoms with Crippen LogP contribution >= 0.6 is 11.6 Å². The predicted octanol–water partition coefficient (Wildman–Crippen LogP) is 3.19. The summed E-state index contributed by atoms with van der Waals surface area (Å²) in [5, 5.41) is 17.0. The first-order valence-corrected chi connectivity index (χ1v) is 6.33. The second kappa shape index (κ2) is 6.33. The smallest absolute Gasteiger partial charge is 0.303 e. The molecule has 1 aromatic carbocycles. The zero-order valence-electron chi connectivity index (χ0n) is 10.2. The molecule has 0 atom stereocenters. The zero-order chi connectivity index (χ0) is 13.7. The minimum Gasteiger partial charge on any atom is -0.481 e. The Balaban J connectivity index is 1.96. The molecule has 0 saturated heterocycles. The van der Waals surface area contributed by atoms with Crippen LogP contribution in [0.1, 0.15) is 25.2 Å². The number of benzene rings is 1. The molecule has 2 aromatic rings. The number of aryl methyl sites for hydroxylation is 1. The summed E-state index contributed by atoms with van der Waals surface area (Å²) in [6.07, 6.45) is 2.03. The van der Waals surface area contributed by atoms with E-state index >= 15 is 0 Å². The lowest BCUT2D eigenvalue weighted by atomic mass is 10.2. The molecular weight excluding hydrogens is 268 g/mol. The average Bonchev–Trinajstić information content (AvgIpc) is 2.83. The van der Waals surface area contributed by atoms with E-state index < -0.39 is 5.97 Å². The number of hydrogen-bond donors (Lipinski definition) is 1. The number of carbonyl (C=O) groups is 1. The van der Waals surface area contributed by atoms with Gasteiger partial charge in [0.1, 0.15) is 0 Å². The van der Waals surface area contributed by atoms with Crippen molar-refractivity contribution in [2.45, 2.75) is 25.7 Å². The maximum absolute atomic E-state index is 10.4. The van der Waals surface area contributed by atoms with Crippen molar-refractivity contribution < 1.29 is 14.3 Å². The molecule has 6 heteroatoms. The zero-order valence-corrected chi connectivity index (χ0v) is 10.9. The van der Waals surface area contributed by atoms with Crippen molar-refractivity contribution in [2.75, 3.05) is 0 Å². The Labute approximate surface area is 115 Å². The second-order valence-electron chi connectivity index (χ2n) is 4.08. The van der Waals surface area contributed by atoms with Gasteiger partial charge in [0, 0.05) is 12.8 Å². The highest BCUT2D eigenvalue weighted by molar-refractivity contribution is 6.33. The fraction of sp³-hybridized carbons (Fsp3) is 0.308. The molecule has 0 aliphatic carbocycles. The predicted molar refractivity (Wildman–Crippen MR) is 69.9 cm³/mol. The summed E-state index contributed by atoms with van der Waals surface area (Å²) in [4.78, 5) is 10.4. The summed E-state index contributed by atoms with van der Waals surface area (Å²) < 4.78 is 5.50. The lowest BCUT2D eigenvalue weighted by molar-refractivity contribution is -0.137. The van der Waals surface area contributed by atoms with Crippen LogP contribution in [0, 0.1) is 0 Å². The fourth-order valence-corrected chi connectivity index (χ4v) is 1.87. The lowest BCUT2D eigenvalue weighted by Crippen LogP contribution is -1.95. The lowest BCUT2D eigenvalue weighted by Gasteiger charge is -1.97. The number of unbranched alkanes of at least 4 members (excludes halogenated alkanes) is 1. The number of carboxylic acids is 1. The normalized spacial score (nSPS) is 10.6. The van der Waals surface area contributed by atoms with Crippen molar-refractivity contribution in [3.8, 4) is 11.5 Å². The van der Waals surface area contributed by atoms with Crippen LogP contribution in [0.15, 0.2) is 28.7 Å². The summed E-state index contributed by atoms with van der Waals surface area (Å²) >= 11 is 6.04. The van der Waals surface area contributed by atoms with E-state index in [4.69, 9.17) is 21.1 Å². The van der Waals surface area contributed by atoms with Gasteiger partial charge >= 0.3 is 5.97 Å². The summed E-state index contributed by atoms with van der Waals surface area (Å²) in [5.74, 6) is 0.0985. The van der Waals surface area contributed by atoms with Gasteiger partial charge in [-0.3, -0.25) is 4.79 Å². The van der Waals surface area contributed by atoms with Gasteiger partial charge in [0.25, 0.3) is 0 Å². The first kappa shape index (κ1) is 13.5. The van der Waals surface area contributed by atoms with Crippen LogP contribution in [-0.4, -0.2) is 21.3 Å². The van der Waals surface area contributed by atoms with Crippen LogP contribution in [0.3, 0.4) is 0 Å². The molecule has 1 N–H and O–H groups in total. The molecule has 0 bridgehead atoms. The van der Waals surface area contributed by atoms with E-state index in [1.165, 1.54) is 0 Å². The number of aliphatic carboxylic acids is 1. The van der Waals surface area contributed by atoms with Crippen LogP contribution in [-0.2, 0) is 11.2 Å². The van der Waals surface area contributed by atoms with Gasteiger partial charge in [-0.15, -0.1) is 10.2 Å². The third-order valence-corrected chi connectivity index (χ3v) is 2.93. The number of hydrogen-bond acceptors (Lipinski definition) is 4. The number of aromatic nitrogens is 2. The maximum atomic E-state index is 10.4. The summed E-state index contributed by atoms with van der Waals surface area (Å²) in [5.41, 5.74) is 0.702. The van der Waals surface area contributed by atoms with E-state index in [9.17, 15) is 4.79 Å². The van der Waals surface area contributed by atoms with Crippen LogP contribution in [0.25, 0.3) is 11.5 Å². The molecule has 0 radical (unpaired) electrons. The molecule has 100 valence electrons.